The van der Waals surface area contributed by atoms with E-state index in [1.54, 1.807) is 0 Å². The summed E-state index contributed by atoms with van der Waals surface area (Å²) in [6.07, 6.45) is 7.58. The lowest BCUT2D eigenvalue weighted by atomic mass is 9.86. The summed E-state index contributed by atoms with van der Waals surface area (Å²) >= 11 is 0. The van der Waals surface area contributed by atoms with Crippen molar-refractivity contribution in [1.82, 2.24) is 10.2 Å². The van der Waals surface area contributed by atoms with Crippen molar-refractivity contribution in [3.05, 3.63) is 0 Å². The van der Waals surface area contributed by atoms with Crippen LogP contribution in [0.1, 0.15) is 52.4 Å². The van der Waals surface area contributed by atoms with Crippen molar-refractivity contribution in [3.8, 4) is 0 Å². The monoisotopic (exact) mass is 224 g/mol. The molecule has 1 saturated heterocycles. The van der Waals surface area contributed by atoms with Crippen LogP contribution in [0.2, 0.25) is 0 Å². The van der Waals surface area contributed by atoms with E-state index in [1.165, 1.54) is 25.7 Å². The lowest BCUT2D eigenvalue weighted by Gasteiger charge is -2.37. The quantitative estimate of drug-likeness (QED) is 0.796. The van der Waals surface area contributed by atoms with E-state index in [9.17, 15) is 4.79 Å². The number of nitrogens with zero attached hydrogens (tertiary/aromatic N) is 1. The molecule has 0 aromatic carbocycles. The number of rotatable bonds is 3. The maximum atomic E-state index is 11.9. The molecule has 92 valence electrons. The highest BCUT2D eigenvalue weighted by molar-refractivity contribution is 5.81. The van der Waals surface area contributed by atoms with Gasteiger partial charge in [0.25, 0.3) is 0 Å². The van der Waals surface area contributed by atoms with Gasteiger partial charge in [-0.25, -0.2) is 0 Å². The normalized spacial score (nSPS) is 35.8. The molecule has 1 amide bonds. The number of nitrogens with one attached hydrogen (secondary N) is 1. The summed E-state index contributed by atoms with van der Waals surface area (Å²) in [5.41, 5.74) is 0. The minimum atomic E-state index is 0.313. The highest BCUT2D eigenvalue weighted by Crippen LogP contribution is 2.30. The third-order valence-electron chi connectivity index (χ3n) is 3.98. The van der Waals surface area contributed by atoms with Crippen molar-refractivity contribution in [2.24, 2.45) is 5.92 Å². The van der Waals surface area contributed by atoms with Gasteiger partial charge in [0.1, 0.15) is 0 Å². The first-order valence-electron chi connectivity index (χ1n) is 6.77. The fraction of sp³-hybridized carbons (Fsp3) is 0.923. The van der Waals surface area contributed by atoms with Crippen LogP contribution in [0.25, 0.3) is 0 Å². The van der Waals surface area contributed by atoms with Crippen LogP contribution in [-0.2, 0) is 4.79 Å². The molecule has 16 heavy (non-hydrogen) atoms. The molecule has 1 heterocycles. The van der Waals surface area contributed by atoms with E-state index < -0.39 is 0 Å². The van der Waals surface area contributed by atoms with Crippen LogP contribution in [0, 0.1) is 5.92 Å². The van der Waals surface area contributed by atoms with Crippen molar-refractivity contribution >= 4 is 5.91 Å². The van der Waals surface area contributed by atoms with Crippen LogP contribution >= 0.6 is 0 Å². The van der Waals surface area contributed by atoms with E-state index >= 15 is 0 Å². The largest absolute Gasteiger partial charge is 0.323 e. The summed E-state index contributed by atoms with van der Waals surface area (Å²) in [4.78, 5) is 14.1. The smallest absolute Gasteiger partial charge is 0.238 e. The fourth-order valence-electron chi connectivity index (χ4n) is 3.20. The van der Waals surface area contributed by atoms with Crippen LogP contribution in [-0.4, -0.2) is 29.6 Å². The Balaban J connectivity index is 2.01. The minimum Gasteiger partial charge on any atom is -0.323 e. The summed E-state index contributed by atoms with van der Waals surface area (Å²) < 4.78 is 0. The molecule has 0 spiro atoms. The Labute approximate surface area is 98.6 Å². The maximum absolute atomic E-state index is 11.9. The Morgan fingerprint density at radius 3 is 2.94 bits per heavy atom. The average Bonchev–Trinajstić information content (AvgIpc) is 2.60. The van der Waals surface area contributed by atoms with Crippen LogP contribution in [0.4, 0.5) is 0 Å². The van der Waals surface area contributed by atoms with Gasteiger partial charge < -0.3 is 4.90 Å². The molecule has 1 saturated carbocycles. The van der Waals surface area contributed by atoms with E-state index in [4.69, 9.17) is 0 Å². The summed E-state index contributed by atoms with van der Waals surface area (Å²) in [5.74, 6) is 1.10. The zero-order valence-electron chi connectivity index (χ0n) is 10.5. The Bertz CT molecular complexity index is 254. The van der Waals surface area contributed by atoms with Crippen LogP contribution in [0.15, 0.2) is 0 Å². The van der Waals surface area contributed by atoms with Crippen molar-refractivity contribution in [2.45, 2.75) is 64.6 Å². The molecule has 1 aliphatic heterocycles. The SMILES string of the molecule is CCCC1NCC(=O)N1C1CCCC(C)C1. The predicted octanol–water partition coefficient (Wildman–Crippen LogP) is 2.12. The minimum absolute atomic E-state index is 0.313. The zero-order chi connectivity index (χ0) is 11.5. The Kier molecular flexibility index (Phi) is 3.85. The van der Waals surface area contributed by atoms with E-state index in [2.05, 4.69) is 24.1 Å². The Morgan fingerprint density at radius 2 is 2.25 bits per heavy atom. The molecule has 3 nitrogen and oxygen atoms in total. The lowest BCUT2D eigenvalue weighted by molar-refractivity contribution is -0.131. The molecule has 2 fully saturated rings. The number of carbonyl (C=O) groups excluding carboxylic acids is 1. The molecule has 3 heteroatoms. The third kappa shape index (κ3) is 2.40. The van der Waals surface area contributed by atoms with Gasteiger partial charge in [-0.3, -0.25) is 10.1 Å². The van der Waals surface area contributed by atoms with E-state index in [0.29, 0.717) is 24.7 Å². The molecule has 0 aromatic rings. The molecule has 3 atom stereocenters. The average molecular weight is 224 g/mol. The zero-order valence-corrected chi connectivity index (χ0v) is 10.5. The molecule has 1 N–H and O–H groups in total. The molecule has 1 aliphatic carbocycles. The number of amides is 1. The highest BCUT2D eigenvalue weighted by atomic mass is 16.2. The first-order valence-corrected chi connectivity index (χ1v) is 6.77. The van der Waals surface area contributed by atoms with Gasteiger partial charge in [0.15, 0.2) is 0 Å². The standard InChI is InChI=1S/C13H24N2O/c1-3-5-12-14-9-13(16)15(12)11-7-4-6-10(2)8-11/h10-12,14H,3-9H2,1-2H3. The first kappa shape index (κ1) is 11.9. The Hall–Kier alpha value is -0.570. The number of hydrogen-bond donors (Lipinski definition) is 1. The number of hydrogen-bond acceptors (Lipinski definition) is 2. The van der Waals surface area contributed by atoms with Gasteiger partial charge in [0.2, 0.25) is 5.91 Å². The second-order valence-electron chi connectivity index (χ2n) is 5.41. The molecular weight excluding hydrogens is 200 g/mol. The topological polar surface area (TPSA) is 32.3 Å². The van der Waals surface area contributed by atoms with Crippen molar-refractivity contribution in [1.29, 1.82) is 0 Å². The van der Waals surface area contributed by atoms with Crippen molar-refractivity contribution < 1.29 is 4.79 Å². The fourth-order valence-corrected chi connectivity index (χ4v) is 3.20. The van der Waals surface area contributed by atoms with Crippen LogP contribution < -0.4 is 5.32 Å². The van der Waals surface area contributed by atoms with Gasteiger partial charge in [-0.2, -0.15) is 0 Å². The highest BCUT2D eigenvalue weighted by Gasteiger charge is 2.36. The molecule has 2 aliphatic rings. The molecular formula is C13H24N2O. The molecule has 3 unspecified atom stereocenters. The summed E-state index contributed by atoms with van der Waals surface area (Å²) in [6.45, 7) is 5.05. The molecule has 2 rings (SSSR count). The van der Waals surface area contributed by atoms with E-state index in [-0.39, 0.29) is 0 Å². The van der Waals surface area contributed by atoms with Crippen LogP contribution in [0.3, 0.4) is 0 Å². The van der Waals surface area contributed by atoms with Gasteiger partial charge >= 0.3 is 0 Å². The van der Waals surface area contributed by atoms with Gasteiger partial charge in [-0.1, -0.05) is 33.1 Å². The Morgan fingerprint density at radius 1 is 1.44 bits per heavy atom. The predicted molar refractivity (Wildman–Crippen MR) is 65.0 cm³/mol. The molecule has 0 aromatic heterocycles. The van der Waals surface area contributed by atoms with Gasteiger partial charge in [0.05, 0.1) is 12.7 Å². The second-order valence-corrected chi connectivity index (χ2v) is 5.41. The third-order valence-corrected chi connectivity index (χ3v) is 3.98. The summed E-state index contributed by atoms with van der Waals surface area (Å²) in [5, 5.41) is 3.35. The van der Waals surface area contributed by atoms with E-state index in [0.717, 1.165) is 18.8 Å². The second kappa shape index (κ2) is 5.17. The van der Waals surface area contributed by atoms with Crippen LogP contribution in [0.5, 0.6) is 0 Å². The van der Waals surface area contributed by atoms with Gasteiger partial charge in [0, 0.05) is 6.04 Å². The summed E-state index contributed by atoms with van der Waals surface area (Å²) in [7, 11) is 0. The van der Waals surface area contributed by atoms with Gasteiger partial charge in [-0.05, 0) is 25.2 Å². The maximum Gasteiger partial charge on any atom is 0.238 e. The van der Waals surface area contributed by atoms with Gasteiger partial charge in [-0.15, -0.1) is 0 Å². The molecule has 0 radical (unpaired) electrons. The lowest BCUT2D eigenvalue weighted by Crippen LogP contribution is -2.46. The molecule has 0 bridgehead atoms. The van der Waals surface area contributed by atoms with Crippen molar-refractivity contribution in [2.75, 3.05) is 6.54 Å². The first-order chi connectivity index (χ1) is 7.72. The van der Waals surface area contributed by atoms with Crippen molar-refractivity contribution in [3.63, 3.8) is 0 Å². The number of carbonyl (C=O) groups is 1. The summed E-state index contributed by atoms with van der Waals surface area (Å²) in [6, 6.07) is 0.503. The van der Waals surface area contributed by atoms with E-state index in [1.807, 2.05) is 0 Å².